The summed E-state index contributed by atoms with van der Waals surface area (Å²) in [6.07, 6.45) is 3.82. The molecule has 5 heteroatoms. The van der Waals surface area contributed by atoms with Crippen molar-refractivity contribution in [1.82, 2.24) is 9.55 Å². The van der Waals surface area contributed by atoms with Gasteiger partial charge in [-0.1, -0.05) is 18.2 Å². The average Bonchev–Trinajstić information content (AvgIpc) is 2.99. The van der Waals surface area contributed by atoms with Crippen molar-refractivity contribution in [3.05, 3.63) is 52.6 Å². The highest BCUT2D eigenvalue weighted by Crippen LogP contribution is 2.23. The Balaban J connectivity index is 2.06. The Hall–Kier alpha value is -2.14. The first-order chi connectivity index (χ1) is 9.24. The predicted molar refractivity (Wildman–Crippen MR) is 74.5 cm³/mol. The van der Waals surface area contributed by atoms with Gasteiger partial charge in [0.2, 0.25) is 0 Å². The summed E-state index contributed by atoms with van der Waals surface area (Å²) in [5, 5.41) is 9.98. The standard InChI is InChI=1S/C14H12N2O2S/c17-14(18)5-10-7-16(8-11-6-15-9-19-11)13-4-2-1-3-12(10)13/h1-4,6-7,9H,5,8H2,(H,17,18). The van der Waals surface area contributed by atoms with Crippen molar-refractivity contribution in [2.75, 3.05) is 0 Å². The zero-order chi connectivity index (χ0) is 13.2. The van der Waals surface area contributed by atoms with Crippen LogP contribution in [0.5, 0.6) is 0 Å². The molecule has 96 valence electrons. The summed E-state index contributed by atoms with van der Waals surface area (Å²) < 4.78 is 2.08. The van der Waals surface area contributed by atoms with E-state index in [0.717, 1.165) is 27.9 Å². The van der Waals surface area contributed by atoms with Crippen molar-refractivity contribution in [3.63, 3.8) is 0 Å². The smallest absolute Gasteiger partial charge is 0.307 e. The molecular formula is C14H12N2O2S. The van der Waals surface area contributed by atoms with Crippen LogP contribution in [-0.4, -0.2) is 20.6 Å². The number of hydrogen-bond acceptors (Lipinski definition) is 3. The zero-order valence-corrected chi connectivity index (χ0v) is 10.9. The van der Waals surface area contributed by atoms with E-state index in [4.69, 9.17) is 5.11 Å². The fraction of sp³-hybridized carbons (Fsp3) is 0.143. The van der Waals surface area contributed by atoms with Crippen molar-refractivity contribution in [2.45, 2.75) is 13.0 Å². The lowest BCUT2D eigenvalue weighted by Crippen LogP contribution is -1.99. The molecule has 0 atom stereocenters. The molecule has 3 rings (SSSR count). The molecule has 0 saturated heterocycles. The Morgan fingerprint density at radius 3 is 2.95 bits per heavy atom. The minimum absolute atomic E-state index is 0.0518. The molecule has 2 aromatic heterocycles. The van der Waals surface area contributed by atoms with Gasteiger partial charge in [0, 0.05) is 28.2 Å². The van der Waals surface area contributed by atoms with Gasteiger partial charge < -0.3 is 9.67 Å². The third kappa shape index (κ3) is 2.37. The van der Waals surface area contributed by atoms with Crippen LogP contribution >= 0.6 is 11.3 Å². The third-order valence-corrected chi connectivity index (χ3v) is 3.79. The van der Waals surface area contributed by atoms with Crippen LogP contribution < -0.4 is 0 Å². The second-order valence-corrected chi connectivity index (χ2v) is 5.31. The number of benzene rings is 1. The van der Waals surface area contributed by atoms with E-state index in [1.165, 1.54) is 0 Å². The van der Waals surface area contributed by atoms with E-state index in [-0.39, 0.29) is 6.42 Å². The predicted octanol–water partition coefficient (Wildman–Crippen LogP) is 2.77. The van der Waals surface area contributed by atoms with Gasteiger partial charge in [-0.3, -0.25) is 9.78 Å². The van der Waals surface area contributed by atoms with Gasteiger partial charge in [0.15, 0.2) is 0 Å². The number of carbonyl (C=O) groups is 1. The van der Waals surface area contributed by atoms with Crippen molar-refractivity contribution in [3.8, 4) is 0 Å². The highest BCUT2D eigenvalue weighted by atomic mass is 32.1. The molecule has 1 N–H and O–H groups in total. The molecule has 0 amide bonds. The van der Waals surface area contributed by atoms with Crippen LogP contribution in [0.15, 0.2) is 42.2 Å². The molecule has 0 unspecified atom stereocenters. The van der Waals surface area contributed by atoms with Crippen LogP contribution in [0.3, 0.4) is 0 Å². The first kappa shape index (κ1) is 11.9. The molecule has 4 nitrogen and oxygen atoms in total. The number of nitrogens with zero attached hydrogens (tertiary/aromatic N) is 2. The Morgan fingerprint density at radius 1 is 1.37 bits per heavy atom. The Kier molecular flexibility index (Phi) is 3.05. The fourth-order valence-corrected chi connectivity index (χ4v) is 2.84. The third-order valence-electron chi connectivity index (χ3n) is 3.02. The van der Waals surface area contributed by atoms with Gasteiger partial charge in [-0.25, -0.2) is 0 Å². The molecular weight excluding hydrogens is 260 g/mol. The van der Waals surface area contributed by atoms with Crippen molar-refractivity contribution >= 4 is 28.2 Å². The lowest BCUT2D eigenvalue weighted by molar-refractivity contribution is -0.136. The first-order valence-electron chi connectivity index (χ1n) is 5.90. The maximum Gasteiger partial charge on any atom is 0.307 e. The number of rotatable bonds is 4. The Labute approximate surface area is 113 Å². The summed E-state index contributed by atoms with van der Waals surface area (Å²) in [6.45, 7) is 0.727. The molecule has 19 heavy (non-hydrogen) atoms. The SMILES string of the molecule is O=C(O)Cc1cn(Cc2cncs2)c2ccccc12. The van der Waals surface area contributed by atoms with Crippen LogP contribution in [0.25, 0.3) is 10.9 Å². The number of carboxylic acid groups (broad SMARTS) is 1. The average molecular weight is 272 g/mol. The maximum absolute atomic E-state index is 10.9. The summed E-state index contributed by atoms with van der Waals surface area (Å²) in [5.41, 5.74) is 3.72. The Morgan fingerprint density at radius 2 is 2.21 bits per heavy atom. The molecule has 0 aliphatic carbocycles. The Bertz CT molecular complexity index is 716. The lowest BCUT2D eigenvalue weighted by atomic mass is 10.1. The molecule has 2 heterocycles. The van der Waals surface area contributed by atoms with E-state index in [2.05, 4.69) is 9.55 Å². The van der Waals surface area contributed by atoms with Gasteiger partial charge in [0.25, 0.3) is 0 Å². The fourth-order valence-electron chi connectivity index (χ4n) is 2.25. The minimum Gasteiger partial charge on any atom is -0.481 e. The monoisotopic (exact) mass is 272 g/mol. The second-order valence-electron chi connectivity index (χ2n) is 4.34. The topological polar surface area (TPSA) is 55.1 Å². The summed E-state index contributed by atoms with van der Waals surface area (Å²) in [6, 6.07) is 7.89. The largest absolute Gasteiger partial charge is 0.481 e. The maximum atomic E-state index is 10.9. The van der Waals surface area contributed by atoms with Gasteiger partial charge in [-0.05, 0) is 11.6 Å². The van der Waals surface area contributed by atoms with Crippen LogP contribution in [0, 0.1) is 0 Å². The number of hydrogen-bond donors (Lipinski definition) is 1. The zero-order valence-electron chi connectivity index (χ0n) is 10.1. The first-order valence-corrected chi connectivity index (χ1v) is 6.78. The van der Waals surface area contributed by atoms with Crippen LogP contribution in [0.4, 0.5) is 0 Å². The molecule has 0 aliphatic rings. The van der Waals surface area contributed by atoms with E-state index in [1.54, 1.807) is 16.8 Å². The quantitative estimate of drug-likeness (QED) is 0.794. The van der Waals surface area contributed by atoms with E-state index in [1.807, 2.05) is 36.7 Å². The number of aromatic nitrogens is 2. The summed E-state index contributed by atoms with van der Waals surface area (Å²) in [5.74, 6) is -0.805. The number of thiazole rings is 1. The van der Waals surface area contributed by atoms with Crippen molar-refractivity contribution in [2.24, 2.45) is 0 Å². The lowest BCUT2D eigenvalue weighted by Gasteiger charge is -2.01. The summed E-state index contributed by atoms with van der Waals surface area (Å²) >= 11 is 1.60. The van der Waals surface area contributed by atoms with E-state index in [0.29, 0.717) is 0 Å². The molecule has 0 fully saturated rings. The van der Waals surface area contributed by atoms with Crippen LogP contribution in [0.2, 0.25) is 0 Å². The van der Waals surface area contributed by atoms with E-state index < -0.39 is 5.97 Å². The molecule has 0 spiro atoms. The normalized spacial score (nSPS) is 10.9. The summed E-state index contributed by atoms with van der Waals surface area (Å²) in [7, 11) is 0. The van der Waals surface area contributed by atoms with Crippen molar-refractivity contribution in [1.29, 1.82) is 0 Å². The molecule has 1 aromatic carbocycles. The van der Waals surface area contributed by atoms with E-state index in [9.17, 15) is 4.79 Å². The molecule has 0 saturated carbocycles. The highest BCUT2D eigenvalue weighted by Gasteiger charge is 2.11. The van der Waals surface area contributed by atoms with Crippen molar-refractivity contribution < 1.29 is 9.90 Å². The molecule has 0 aliphatic heterocycles. The summed E-state index contributed by atoms with van der Waals surface area (Å²) in [4.78, 5) is 16.1. The van der Waals surface area contributed by atoms with Crippen LogP contribution in [0.1, 0.15) is 10.4 Å². The number of aliphatic carboxylic acids is 1. The van der Waals surface area contributed by atoms with Gasteiger partial charge in [-0.2, -0.15) is 0 Å². The molecule has 0 bridgehead atoms. The number of fused-ring (bicyclic) bond motifs is 1. The molecule has 3 aromatic rings. The van der Waals surface area contributed by atoms with Gasteiger partial charge >= 0.3 is 5.97 Å². The number of carboxylic acids is 1. The van der Waals surface area contributed by atoms with E-state index >= 15 is 0 Å². The highest BCUT2D eigenvalue weighted by molar-refractivity contribution is 7.09. The molecule has 0 radical (unpaired) electrons. The van der Waals surface area contributed by atoms with Gasteiger partial charge in [0.05, 0.1) is 18.5 Å². The minimum atomic E-state index is -0.805. The van der Waals surface area contributed by atoms with Crippen LogP contribution in [-0.2, 0) is 17.8 Å². The van der Waals surface area contributed by atoms with Gasteiger partial charge in [-0.15, -0.1) is 11.3 Å². The number of para-hydroxylation sites is 1. The second kappa shape index (κ2) is 4.85. The van der Waals surface area contributed by atoms with Gasteiger partial charge in [0.1, 0.15) is 0 Å².